The summed E-state index contributed by atoms with van der Waals surface area (Å²) >= 11 is 0. The molecule has 290 valence electrons. The summed E-state index contributed by atoms with van der Waals surface area (Å²) in [6, 6.07) is 8.36. The van der Waals surface area contributed by atoms with Crippen LogP contribution in [-0.2, 0) is 28.8 Å². The van der Waals surface area contributed by atoms with Gasteiger partial charge in [-0.3, -0.25) is 4.98 Å². The maximum Gasteiger partial charge on any atom is 0.406 e. The van der Waals surface area contributed by atoms with Gasteiger partial charge in [-0.2, -0.15) is 0 Å². The third-order valence-electron chi connectivity index (χ3n) is 8.05. The highest BCUT2D eigenvalue weighted by Gasteiger charge is 2.57. The van der Waals surface area contributed by atoms with Gasteiger partial charge in [-0.1, -0.05) is 110 Å². The highest BCUT2D eigenvalue weighted by atomic mass is 28.5. The van der Waals surface area contributed by atoms with Crippen LogP contribution in [0.5, 0.6) is 0 Å². The Balaban J connectivity index is 7.48. The topological polar surface area (TPSA) is 76.6 Å². The van der Waals surface area contributed by atoms with Crippen LogP contribution in [0.25, 0.3) is 0 Å². The molecule has 0 bridgehead atoms. The lowest BCUT2D eigenvalue weighted by atomic mass is 10.2. The third kappa shape index (κ3) is 20.6. The molecule has 0 aromatic heterocycles. The summed E-state index contributed by atoms with van der Waals surface area (Å²) < 4.78 is 48.1. The highest BCUT2D eigenvalue weighted by molar-refractivity contribution is 6.91. The largest absolute Gasteiger partial charge is 0.449 e. The Bertz CT molecular complexity index is 781. The Morgan fingerprint density at radius 3 is 1.23 bits per heavy atom. The fourth-order valence-corrected chi connectivity index (χ4v) is 40.8. The molecule has 0 fully saturated rings. The molecule has 1 N–H and O–H groups in total. The Labute approximate surface area is 314 Å². The van der Waals surface area contributed by atoms with Gasteiger partial charge in [0.05, 0.1) is 0 Å². The van der Waals surface area contributed by atoms with Crippen LogP contribution in [0.1, 0.15) is 110 Å². The van der Waals surface area contributed by atoms with Crippen LogP contribution in [0.4, 0.5) is 0 Å². The Kier molecular flexibility index (Phi) is 25.4. The second-order valence-electron chi connectivity index (χ2n) is 17.4. The summed E-state index contributed by atoms with van der Waals surface area (Å²) in [4.78, 5) is 3.67. The van der Waals surface area contributed by atoms with Crippen molar-refractivity contribution in [1.29, 1.82) is 0 Å². The smallest absolute Gasteiger partial charge is 0.406 e. The first kappa shape index (κ1) is 49.4. The van der Waals surface area contributed by atoms with Crippen LogP contribution in [-0.4, -0.2) is 81.7 Å². The molecule has 0 heterocycles. The molecule has 8 nitrogen and oxygen atoms in total. The Morgan fingerprint density at radius 2 is 0.896 bits per heavy atom. The molecule has 0 aromatic carbocycles. The molecule has 1 unspecified atom stereocenters. The molecule has 0 aliphatic carbocycles. The molecule has 0 saturated heterocycles. The molecule has 48 heavy (non-hydrogen) atoms. The first-order chi connectivity index (χ1) is 22.2. The van der Waals surface area contributed by atoms with E-state index in [2.05, 4.69) is 109 Å². The van der Waals surface area contributed by atoms with Gasteiger partial charge in [-0.05, 0) is 90.8 Å². The Morgan fingerprint density at radius 1 is 0.521 bits per heavy atom. The number of hydrogen-bond donors (Lipinski definition) is 1. The normalized spacial score (nSPS) is 15.8. The minimum atomic E-state index is -2.91. The van der Waals surface area contributed by atoms with Gasteiger partial charge in [0, 0.05) is 6.04 Å². The van der Waals surface area contributed by atoms with Gasteiger partial charge in [-0.15, -0.1) is 0 Å². The van der Waals surface area contributed by atoms with Crippen molar-refractivity contribution >= 4 is 74.7 Å². The van der Waals surface area contributed by atoms with Crippen molar-refractivity contribution in [3.8, 4) is 0 Å². The predicted molar refractivity (Wildman–Crippen MR) is 228 cm³/mol. The van der Waals surface area contributed by atoms with Gasteiger partial charge in [0.2, 0.25) is 0 Å². The van der Waals surface area contributed by atoms with Crippen molar-refractivity contribution in [2.45, 2.75) is 159 Å². The lowest BCUT2D eigenvalue weighted by molar-refractivity contribution is 0.244. The van der Waals surface area contributed by atoms with Gasteiger partial charge in [0.1, 0.15) is 10.5 Å². The standard InChI is InChI=1S/C32H83NO7Si8/c1-17-18-48(33-16,37-44-36-43-35-42-34-41)40-47(24-31(12)13,25-32(14)15)39-46(22-29(8)9,23-30(10)11)38-45(19-26(2)3,20-27(4)5)21-28(6)7/h26-33H,17-25,42-44H2,1-16,41H3. The molecule has 0 aromatic rings. The van der Waals surface area contributed by atoms with Crippen LogP contribution in [0.3, 0.4) is 0 Å². The van der Waals surface area contributed by atoms with Crippen LogP contribution in [0.2, 0.25) is 48.4 Å². The molecular formula is C32H83NO7Si8. The van der Waals surface area contributed by atoms with Crippen LogP contribution >= 0.6 is 0 Å². The second-order valence-corrected chi connectivity index (χ2v) is 38.7. The summed E-state index contributed by atoms with van der Waals surface area (Å²) in [6.45, 7) is 35.5. The second kappa shape index (κ2) is 24.7. The van der Waals surface area contributed by atoms with E-state index in [1.54, 1.807) is 0 Å². The third-order valence-corrected chi connectivity index (χ3v) is 35.4. The molecule has 0 rings (SSSR count). The average Bonchev–Trinajstić information content (AvgIpc) is 2.87. The molecule has 0 aliphatic heterocycles. The molecule has 0 amide bonds. The number of rotatable bonds is 30. The van der Waals surface area contributed by atoms with E-state index in [0.717, 1.165) is 47.1 Å². The molecule has 1 atom stereocenters. The van der Waals surface area contributed by atoms with Crippen LogP contribution < -0.4 is 4.98 Å². The summed E-state index contributed by atoms with van der Waals surface area (Å²) in [6.07, 6.45) is 0.981. The maximum absolute atomic E-state index is 8.18. The van der Waals surface area contributed by atoms with Crippen molar-refractivity contribution in [1.82, 2.24) is 4.98 Å². The summed E-state index contributed by atoms with van der Waals surface area (Å²) in [5.41, 5.74) is 0. The van der Waals surface area contributed by atoms with Gasteiger partial charge in [0.15, 0.2) is 8.32 Å². The molecule has 0 radical (unpaired) electrons. The Hall–Kier alpha value is 1.42. The fourth-order valence-electron chi connectivity index (χ4n) is 7.75. The SMILES string of the molecule is CCC[Si](NC)(O[SiH2]O[SiH2]O[SiH2]O[SiH3])O[Si](CC(C)C)(CC(C)C)O[Si](CC(C)C)(CC(C)C)O[Si](CC(C)C)(CC(C)C)CC(C)C. The van der Waals surface area contributed by atoms with E-state index < -0.39 is 64.2 Å². The van der Waals surface area contributed by atoms with Gasteiger partial charge >= 0.3 is 25.8 Å². The van der Waals surface area contributed by atoms with Crippen molar-refractivity contribution < 1.29 is 28.8 Å². The van der Waals surface area contributed by atoms with E-state index in [4.69, 9.17) is 28.8 Å². The monoisotopic (exact) mass is 817 g/mol. The first-order valence-electron chi connectivity index (χ1n) is 19.3. The highest BCUT2D eigenvalue weighted by Crippen LogP contribution is 2.44. The van der Waals surface area contributed by atoms with Gasteiger partial charge < -0.3 is 28.8 Å². The van der Waals surface area contributed by atoms with E-state index in [0.29, 0.717) is 41.4 Å². The molecule has 0 saturated carbocycles. The summed E-state index contributed by atoms with van der Waals surface area (Å²) in [5.74, 6) is 3.61. The zero-order valence-corrected chi connectivity index (χ0v) is 45.1. The van der Waals surface area contributed by atoms with Crippen LogP contribution in [0.15, 0.2) is 0 Å². The van der Waals surface area contributed by atoms with Crippen LogP contribution in [0, 0.1) is 41.4 Å². The van der Waals surface area contributed by atoms with Crippen molar-refractivity contribution in [3.05, 3.63) is 0 Å². The van der Waals surface area contributed by atoms with E-state index in [1.807, 2.05) is 7.05 Å². The first-order valence-corrected chi connectivity index (χ1v) is 32.6. The quantitative estimate of drug-likeness (QED) is 0.0663. The number of nitrogens with one attached hydrogen (secondary N) is 1. The van der Waals surface area contributed by atoms with E-state index in [-0.39, 0.29) is 0 Å². The van der Waals surface area contributed by atoms with E-state index in [1.165, 1.54) is 18.1 Å². The van der Waals surface area contributed by atoms with Gasteiger partial charge in [0.25, 0.3) is 30.0 Å². The van der Waals surface area contributed by atoms with Gasteiger partial charge in [-0.25, -0.2) is 0 Å². The van der Waals surface area contributed by atoms with Crippen molar-refractivity contribution in [2.75, 3.05) is 7.05 Å². The van der Waals surface area contributed by atoms with E-state index in [9.17, 15) is 0 Å². The molecule has 0 spiro atoms. The minimum Gasteiger partial charge on any atom is -0.449 e. The van der Waals surface area contributed by atoms with Crippen molar-refractivity contribution in [2.24, 2.45) is 41.4 Å². The predicted octanol–water partition coefficient (Wildman–Crippen LogP) is 6.37. The molecule has 16 heteroatoms. The zero-order valence-electron chi connectivity index (χ0n) is 34.9. The average molecular weight is 819 g/mol. The summed E-state index contributed by atoms with van der Waals surface area (Å²) in [7, 11) is -11.3. The number of hydrogen-bond acceptors (Lipinski definition) is 8. The maximum atomic E-state index is 8.18. The van der Waals surface area contributed by atoms with E-state index >= 15 is 0 Å². The lowest BCUT2D eigenvalue weighted by Gasteiger charge is -2.51. The fraction of sp³-hybridized carbons (Fsp3) is 1.00. The summed E-state index contributed by atoms with van der Waals surface area (Å²) in [5, 5.41) is 0. The zero-order chi connectivity index (χ0) is 37.2. The minimum absolute atomic E-state index is 0.436. The molecule has 0 aliphatic rings. The molecular weight excluding hydrogens is 735 g/mol. The van der Waals surface area contributed by atoms with Crippen molar-refractivity contribution in [3.63, 3.8) is 0 Å². The lowest BCUT2D eigenvalue weighted by Crippen LogP contribution is -2.68.